The maximum absolute atomic E-state index is 6.13. The zero-order valence-corrected chi connectivity index (χ0v) is 13.2. The highest BCUT2D eigenvalue weighted by Crippen LogP contribution is 2.30. The number of hydrogen-bond donors (Lipinski definition) is 1. The van der Waals surface area contributed by atoms with E-state index in [1.807, 2.05) is 18.2 Å². The SMILES string of the molecule is COc1ccc(Cl)cc1C(CN)CN1CCCC(C)C1. The highest BCUT2D eigenvalue weighted by Gasteiger charge is 2.22. The highest BCUT2D eigenvalue weighted by atomic mass is 35.5. The van der Waals surface area contributed by atoms with E-state index < -0.39 is 0 Å². The minimum Gasteiger partial charge on any atom is -0.496 e. The van der Waals surface area contributed by atoms with Crippen molar-refractivity contribution in [3.8, 4) is 5.75 Å². The summed E-state index contributed by atoms with van der Waals surface area (Å²) in [4.78, 5) is 2.52. The molecule has 20 heavy (non-hydrogen) atoms. The van der Waals surface area contributed by atoms with Crippen molar-refractivity contribution in [1.82, 2.24) is 4.90 Å². The molecule has 2 N–H and O–H groups in total. The Hall–Kier alpha value is -0.770. The fraction of sp³-hybridized carbons (Fsp3) is 0.625. The lowest BCUT2D eigenvalue weighted by molar-refractivity contribution is 0.174. The Kier molecular flexibility index (Phi) is 5.70. The largest absolute Gasteiger partial charge is 0.496 e. The molecule has 1 aliphatic rings. The molecule has 1 aliphatic heterocycles. The molecule has 1 heterocycles. The van der Waals surface area contributed by atoms with Gasteiger partial charge in [-0.3, -0.25) is 0 Å². The predicted octanol–water partition coefficient (Wildman–Crippen LogP) is 3.12. The molecule has 2 unspecified atom stereocenters. The summed E-state index contributed by atoms with van der Waals surface area (Å²) in [6, 6.07) is 5.78. The molecule has 2 atom stereocenters. The molecule has 0 spiro atoms. The van der Waals surface area contributed by atoms with Crippen molar-refractivity contribution in [1.29, 1.82) is 0 Å². The number of rotatable bonds is 5. The number of hydrogen-bond acceptors (Lipinski definition) is 3. The second-order valence-corrected chi connectivity index (χ2v) is 6.26. The molecule has 112 valence electrons. The van der Waals surface area contributed by atoms with E-state index in [1.54, 1.807) is 7.11 Å². The Morgan fingerprint density at radius 3 is 2.95 bits per heavy atom. The van der Waals surface area contributed by atoms with Crippen molar-refractivity contribution in [2.24, 2.45) is 11.7 Å². The zero-order chi connectivity index (χ0) is 14.5. The van der Waals surface area contributed by atoms with Gasteiger partial charge in [0.1, 0.15) is 5.75 Å². The second-order valence-electron chi connectivity index (χ2n) is 5.83. The van der Waals surface area contributed by atoms with Gasteiger partial charge in [-0.05, 0) is 43.5 Å². The van der Waals surface area contributed by atoms with Crippen molar-refractivity contribution in [2.45, 2.75) is 25.7 Å². The summed E-state index contributed by atoms with van der Waals surface area (Å²) in [5.41, 5.74) is 7.13. The number of nitrogens with two attached hydrogens (primary N) is 1. The molecule has 0 aromatic heterocycles. The van der Waals surface area contributed by atoms with Crippen molar-refractivity contribution in [3.63, 3.8) is 0 Å². The topological polar surface area (TPSA) is 38.5 Å². The molecule has 3 nitrogen and oxygen atoms in total. The number of piperidine rings is 1. The lowest BCUT2D eigenvalue weighted by atomic mass is 9.94. The Labute approximate surface area is 127 Å². The maximum Gasteiger partial charge on any atom is 0.122 e. The summed E-state index contributed by atoms with van der Waals surface area (Å²) >= 11 is 6.13. The van der Waals surface area contributed by atoms with Crippen molar-refractivity contribution >= 4 is 11.6 Å². The quantitative estimate of drug-likeness (QED) is 0.907. The van der Waals surface area contributed by atoms with Gasteiger partial charge in [-0.15, -0.1) is 0 Å². The molecule has 1 saturated heterocycles. The molecule has 1 aromatic carbocycles. The average molecular weight is 297 g/mol. The Morgan fingerprint density at radius 1 is 1.50 bits per heavy atom. The van der Waals surface area contributed by atoms with Gasteiger partial charge in [0, 0.05) is 36.1 Å². The fourth-order valence-corrected chi connectivity index (χ4v) is 3.27. The minimum absolute atomic E-state index is 0.272. The molecule has 0 bridgehead atoms. The average Bonchev–Trinajstić information content (AvgIpc) is 2.45. The van der Waals surface area contributed by atoms with E-state index in [0.717, 1.165) is 28.8 Å². The van der Waals surface area contributed by atoms with Crippen LogP contribution in [0.5, 0.6) is 5.75 Å². The molecule has 0 aliphatic carbocycles. The molecule has 2 rings (SSSR count). The van der Waals surface area contributed by atoms with Crippen LogP contribution >= 0.6 is 11.6 Å². The standard InChI is InChI=1S/C16H25ClN2O/c1-12-4-3-7-19(10-12)11-13(9-18)15-8-14(17)5-6-16(15)20-2/h5-6,8,12-13H,3-4,7,9-11,18H2,1-2H3. The number of ether oxygens (including phenoxy) is 1. The number of halogens is 1. The molecule has 1 fully saturated rings. The molecule has 0 radical (unpaired) electrons. The lowest BCUT2D eigenvalue weighted by Gasteiger charge is -2.33. The lowest BCUT2D eigenvalue weighted by Crippen LogP contribution is -2.38. The zero-order valence-electron chi connectivity index (χ0n) is 12.4. The predicted molar refractivity (Wildman–Crippen MR) is 84.6 cm³/mol. The number of nitrogens with zero attached hydrogens (tertiary/aromatic N) is 1. The molecular formula is C16H25ClN2O. The summed E-state index contributed by atoms with van der Waals surface area (Å²) in [7, 11) is 1.70. The molecule has 0 amide bonds. The van der Waals surface area contributed by atoms with Crippen LogP contribution < -0.4 is 10.5 Å². The van der Waals surface area contributed by atoms with E-state index in [0.29, 0.717) is 6.54 Å². The first-order chi connectivity index (χ1) is 9.63. The Balaban J connectivity index is 2.13. The third-order valence-corrected chi connectivity index (χ3v) is 4.37. The van der Waals surface area contributed by atoms with E-state index in [9.17, 15) is 0 Å². The van der Waals surface area contributed by atoms with Crippen LogP contribution in [-0.4, -0.2) is 38.2 Å². The van der Waals surface area contributed by atoms with Gasteiger partial charge in [-0.1, -0.05) is 18.5 Å². The van der Waals surface area contributed by atoms with Crippen molar-refractivity contribution in [3.05, 3.63) is 28.8 Å². The Bertz CT molecular complexity index is 438. The molecule has 0 saturated carbocycles. The summed E-state index contributed by atoms with van der Waals surface area (Å²) in [6.07, 6.45) is 2.62. The number of methoxy groups -OCH3 is 1. The van der Waals surface area contributed by atoms with E-state index in [1.165, 1.54) is 25.9 Å². The summed E-state index contributed by atoms with van der Waals surface area (Å²) < 4.78 is 5.46. The van der Waals surface area contributed by atoms with Crippen molar-refractivity contribution < 1.29 is 4.74 Å². The highest BCUT2D eigenvalue weighted by molar-refractivity contribution is 6.30. The monoisotopic (exact) mass is 296 g/mol. The number of likely N-dealkylation sites (tertiary alicyclic amines) is 1. The van der Waals surface area contributed by atoms with Crippen LogP contribution in [0.4, 0.5) is 0 Å². The Morgan fingerprint density at radius 2 is 2.30 bits per heavy atom. The third-order valence-electron chi connectivity index (χ3n) is 4.14. The first-order valence-corrected chi connectivity index (χ1v) is 7.77. The van der Waals surface area contributed by atoms with E-state index >= 15 is 0 Å². The molecule has 1 aromatic rings. The van der Waals surface area contributed by atoms with Crippen LogP contribution in [-0.2, 0) is 0 Å². The van der Waals surface area contributed by atoms with Gasteiger partial charge in [-0.2, -0.15) is 0 Å². The van der Waals surface area contributed by atoms with Crippen LogP contribution in [0.1, 0.15) is 31.2 Å². The van der Waals surface area contributed by atoms with Gasteiger partial charge in [-0.25, -0.2) is 0 Å². The molecule has 4 heteroatoms. The summed E-state index contributed by atoms with van der Waals surface area (Å²) in [5, 5.41) is 0.742. The van der Waals surface area contributed by atoms with Crippen LogP contribution in [0, 0.1) is 5.92 Å². The van der Waals surface area contributed by atoms with Gasteiger partial charge in [0.25, 0.3) is 0 Å². The van der Waals surface area contributed by atoms with Gasteiger partial charge in [0.2, 0.25) is 0 Å². The van der Waals surface area contributed by atoms with Crippen molar-refractivity contribution in [2.75, 3.05) is 33.3 Å². The first-order valence-electron chi connectivity index (χ1n) is 7.40. The van der Waals surface area contributed by atoms with E-state index in [-0.39, 0.29) is 5.92 Å². The smallest absolute Gasteiger partial charge is 0.122 e. The van der Waals surface area contributed by atoms with Crippen LogP contribution in [0.25, 0.3) is 0 Å². The van der Waals surface area contributed by atoms with Gasteiger partial charge >= 0.3 is 0 Å². The minimum atomic E-state index is 0.272. The van der Waals surface area contributed by atoms with Crippen LogP contribution in [0.3, 0.4) is 0 Å². The van der Waals surface area contributed by atoms with Crippen LogP contribution in [0.2, 0.25) is 5.02 Å². The van der Waals surface area contributed by atoms with Crippen LogP contribution in [0.15, 0.2) is 18.2 Å². The van der Waals surface area contributed by atoms with E-state index in [2.05, 4.69) is 11.8 Å². The summed E-state index contributed by atoms with van der Waals surface area (Å²) in [6.45, 7) is 6.26. The van der Waals surface area contributed by atoms with Gasteiger partial charge < -0.3 is 15.4 Å². The first kappa shape index (κ1) is 15.6. The van der Waals surface area contributed by atoms with E-state index in [4.69, 9.17) is 22.1 Å². The fourth-order valence-electron chi connectivity index (χ4n) is 3.09. The second kappa shape index (κ2) is 7.30. The summed E-state index contributed by atoms with van der Waals surface area (Å²) in [5.74, 6) is 1.94. The maximum atomic E-state index is 6.13. The van der Waals surface area contributed by atoms with Gasteiger partial charge in [0.05, 0.1) is 7.11 Å². The normalized spacial score (nSPS) is 21.7. The third kappa shape index (κ3) is 3.87. The van der Waals surface area contributed by atoms with Gasteiger partial charge in [0.15, 0.2) is 0 Å². The number of benzene rings is 1. The molecular weight excluding hydrogens is 272 g/mol.